The number of hydrogen-bond donors (Lipinski definition) is 1. The van der Waals surface area contributed by atoms with Crippen LogP contribution in [0.3, 0.4) is 0 Å². The Morgan fingerprint density at radius 1 is 1.31 bits per heavy atom. The number of amides is 2. The summed E-state index contributed by atoms with van der Waals surface area (Å²) in [5.41, 5.74) is 1.89. The van der Waals surface area contributed by atoms with Crippen LogP contribution in [0.5, 0.6) is 0 Å². The number of benzene rings is 2. The van der Waals surface area contributed by atoms with Crippen molar-refractivity contribution in [2.24, 2.45) is 0 Å². The zero-order valence-electron chi connectivity index (χ0n) is 14.1. The largest absolute Gasteiger partial charge is 0.442 e. The van der Waals surface area contributed by atoms with Crippen LogP contribution in [-0.2, 0) is 9.53 Å². The van der Waals surface area contributed by atoms with Gasteiger partial charge in [0.25, 0.3) is 0 Å². The maximum absolute atomic E-state index is 14.5. The van der Waals surface area contributed by atoms with Crippen LogP contribution in [0, 0.1) is 5.82 Å². The fourth-order valence-electron chi connectivity index (χ4n) is 2.74. The topological polar surface area (TPSA) is 75.7 Å². The molecule has 3 rings (SSSR count). The third kappa shape index (κ3) is 3.72. The van der Waals surface area contributed by atoms with Crippen LogP contribution in [0.15, 0.2) is 42.5 Å². The predicted octanol–water partition coefficient (Wildman–Crippen LogP) is 2.77. The van der Waals surface area contributed by atoms with Crippen LogP contribution in [-0.4, -0.2) is 37.5 Å². The van der Waals surface area contributed by atoms with E-state index in [9.17, 15) is 18.8 Å². The highest BCUT2D eigenvalue weighted by Gasteiger charge is 2.32. The molecule has 7 heteroatoms. The zero-order valence-corrected chi connectivity index (χ0v) is 14.1. The van der Waals surface area contributed by atoms with E-state index >= 15 is 0 Å². The van der Waals surface area contributed by atoms with Crippen molar-refractivity contribution in [2.75, 3.05) is 18.0 Å². The van der Waals surface area contributed by atoms with Gasteiger partial charge in [-0.25, -0.2) is 9.18 Å². The van der Waals surface area contributed by atoms with Crippen molar-refractivity contribution < 1.29 is 23.5 Å². The van der Waals surface area contributed by atoms with Gasteiger partial charge in [0.2, 0.25) is 5.91 Å². The summed E-state index contributed by atoms with van der Waals surface area (Å²) in [4.78, 5) is 35.0. The highest BCUT2D eigenvalue weighted by atomic mass is 19.1. The predicted molar refractivity (Wildman–Crippen MR) is 93.5 cm³/mol. The minimum atomic E-state index is -0.581. The van der Waals surface area contributed by atoms with Crippen LogP contribution in [0.25, 0.3) is 11.1 Å². The van der Waals surface area contributed by atoms with E-state index in [1.54, 1.807) is 36.4 Å². The molecule has 1 heterocycles. The first-order chi connectivity index (χ1) is 12.5. The summed E-state index contributed by atoms with van der Waals surface area (Å²) < 4.78 is 19.7. The Labute approximate surface area is 149 Å². The molecule has 1 atom stereocenters. The summed E-state index contributed by atoms with van der Waals surface area (Å²) in [5.74, 6) is -0.699. The van der Waals surface area contributed by atoms with Crippen molar-refractivity contribution in [1.82, 2.24) is 5.32 Å². The highest BCUT2D eigenvalue weighted by Crippen LogP contribution is 2.29. The number of carbonyl (C=O) groups is 3. The minimum Gasteiger partial charge on any atom is -0.442 e. The molecule has 2 aromatic rings. The second-order valence-electron chi connectivity index (χ2n) is 5.96. The Kier molecular flexibility index (Phi) is 4.97. The molecule has 1 N–H and O–H groups in total. The van der Waals surface area contributed by atoms with Crippen LogP contribution in [0.2, 0.25) is 0 Å². The fraction of sp³-hybridized carbons (Fsp3) is 0.211. The molecule has 1 aliphatic rings. The van der Waals surface area contributed by atoms with Gasteiger partial charge in [-0.1, -0.05) is 24.3 Å². The van der Waals surface area contributed by atoms with Crippen LogP contribution >= 0.6 is 0 Å². The van der Waals surface area contributed by atoms with Crippen molar-refractivity contribution >= 4 is 24.0 Å². The number of cyclic esters (lactones) is 1. The lowest BCUT2D eigenvalue weighted by atomic mass is 10.0. The average Bonchev–Trinajstić information content (AvgIpc) is 3.01. The molecule has 0 aromatic heterocycles. The van der Waals surface area contributed by atoms with Gasteiger partial charge in [0, 0.05) is 18.1 Å². The highest BCUT2D eigenvalue weighted by molar-refractivity contribution is 5.90. The maximum Gasteiger partial charge on any atom is 0.414 e. The average molecular weight is 356 g/mol. The number of halogens is 1. The van der Waals surface area contributed by atoms with Gasteiger partial charge in [0.15, 0.2) is 0 Å². The molecule has 0 unspecified atom stereocenters. The number of rotatable bonds is 5. The zero-order chi connectivity index (χ0) is 18.7. The summed E-state index contributed by atoms with van der Waals surface area (Å²) in [6, 6.07) is 11.0. The van der Waals surface area contributed by atoms with E-state index in [0.29, 0.717) is 22.4 Å². The summed E-state index contributed by atoms with van der Waals surface area (Å²) in [6.07, 6.45) is -0.340. The van der Waals surface area contributed by atoms with Gasteiger partial charge in [-0.15, -0.1) is 0 Å². The van der Waals surface area contributed by atoms with E-state index in [-0.39, 0.29) is 19.0 Å². The molecule has 0 bridgehead atoms. The van der Waals surface area contributed by atoms with Crippen molar-refractivity contribution in [1.29, 1.82) is 0 Å². The number of carbonyl (C=O) groups excluding carboxylic acids is 3. The van der Waals surface area contributed by atoms with Crippen molar-refractivity contribution in [2.45, 2.75) is 13.0 Å². The molecule has 1 saturated heterocycles. The number of ether oxygens (including phenoxy) is 1. The smallest absolute Gasteiger partial charge is 0.414 e. The van der Waals surface area contributed by atoms with E-state index in [1.807, 2.05) is 0 Å². The second kappa shape index (κ2) is 7.35. The lowest BCUT2D eigenvalue weighted by Crippen LogP contribution is -2.33. The minimum absolute atomic E-state index is 0.210. The van der Waals surface area contributed by atoms with Gasteiger partial charge in [-0.05, 0) is 23.8 Å². The Morgan fingerprint density at radius 2 is 2.04 bits per heavy atom. The molecular weight excluding hydrogens is 339 g/mol. The lowest BCUT2D eigenvalue weighted by Gasteiger charge is -2.14. The van der Waals surface area contributed by atoms with Crippen molar-refractivity contribution in [3.63, 3.8) is 0 Å². The van der Waals surface area contributed by atoms with Crippen LogP contribution in [0.1, 0.15) is 17.3 Å². The molecule has 6 nitrogen and oxygen atoms in total. The first kappa shape index (κ1) is 17.6. The Balaban J connectivity index is 1.77. The monoisotopic (exact) mass is 356 g/mol. The molecule has 0 aliphatic carbocycles. The molecular formula is C19H17FN2O4. The first-order valence-corrected chi connectivity index (χ1v) is 8.05. The quantitative estimate of drug-likeness (QED) is 0.836. The number of aldehydes is 1. The van der Waals surface area contributed by atoms with Crippen LogP contribution < -0.4 is 10.2 Å². The fourth-order valence-corrected chi connectivity index (χ4v) is 2.74. The molecule has 0 spiro atoms. The third-order valence-corrected chi connectivity index (χ3v) is 4.07. The normalized spacial score (nSPS) is 16.3. The van der Waals surface area contributed by atoms with E-state index < -0.39 is 18.0 Å². The molecule has 26 heavy (non-hydrogen) atoms. The Hall–Kier alpha value is -3.22. The first-order valence-electron chi connectivity index (χ1n) is 8.05. The second-order valence-corrected chi connectivity index (χ2v) is 5.96. The number of hydrogen-bond acceptors (Lipinski definition) is 4. The van der Waals surface area contributed by atoms with Crippen molar-refractivity contribution in [3.05, 3.63) is 53.8 Å². The molecule has 0 saturated carbocycles. The Bertz CT molecular complexity index is 851. The maximum atomic E-state index is 14.5. The molecule has 1 fully saturated rings. The Morgan fingerprint density at radius 3 is 2.65 bits per heavy atom. The van der Waals surface area contributed by atoms with E-state index in [2.05, 4.69) is 5.32 Å². The van der Waals surface area contributed by atoms with Crippen molar-refractivity contribution in [3.8, 4) is 11.1 Å². The third-order valence-electron chi connectivity index (χ3n) is 4.07. The SMILES string of the molecule is CC(=O)NC[C@H]1CN(c2ccc(-c3ccc(C=O)cc3)c(F)c2)C(=O)O1. The van der Waals surface area contributed by atoms with Gasteiger partial charge in [0.1, 0.15) is 18.2 Å². The molecule has 1 aliphatic heterocycles. The number of nitrogens with zero attached hydrogens (tertiary/aromatic N) is 1. The summed E-state index contributed by atoms with van der Waals surface area (Å²) >= 11 is 0. The molecule has 134 valence electrons. The van der Waals surface area contributed by atoms with Gasteiger partial charge >= 0.3 is 6.09 Å². The van der Waals surface area contributed by atoms with E-state index in [0.717, 1.165) is 6.29 Å². The number of nitrogens with one attached hydrogen (secondary N) is 1. The summed E-state index contributed by atoms with van der Waals surface area (Å²) in [6.45, 7) is 1.82. The van der Waals surface area contributed by atoms with Gasteiger partial charge < -0.3 is 10.1 Å². The lowest BCUT2D eigenvalue weighted by molar-refractivity contribution is -0.119. The molecule has 2 amide bonds. The van der Waals surface area contributed by atoms with Gasteiger partial charge in [-0.2, -0.15) is 0 Å². The van der Waals surface area contributed by atoms with Crippen LogP contribution in [0.4, 0.5) is 14.9 Å². The van der Waals surface area contributed by atoms with Gasteiger partial charge in [-0.3, -0.25) is 14.5 Å². The standard InChI is InChI=1S/C19H17FN2O4/c1-12(24)21-9-16-10-22(19(25)26-16)15-6-7-17(18(20)8-15)14-4-2-13(11-23)3-5-14/h2-8,11,16H,9-10H2,1H3,(H,21,24)/t16-/m0/s1. The van der Waals surface area contributed by atoms with E-state index in [4.69, 9.17) is 4.74 Å². The van der Waals surface area contributed by atoms with Gasteiger partial charge in [0.05, 0.1) is 18.8 Å². The summed E-state index contributed by atoms with van der Waals surface area (Å²) in [7, 11) is 0. The van der Waals surface area contributed by atoms with E-state index in [1.165, 1.54) is 17.9 Å². The molecule has 2 aromatic carbocycles. The molecule has 0 radical (unpaired) electrons. The summed E-state index contributed by atoms with van der Waals surface area (Å²) in [5, 5.41) is 2.59. The number of anilines is 1.